The largest absolute Gasteiger partial charge is 0.362 e. The van der Waals surface area contributed by atoms with E-state index in [1.165, 1.54) is 0 Å². The molecule has 0 bridgehead atoms. The maximum absolute atomic E-state index is 11.1. The van der Waals surface area contributed by atoms with E-state index in [2.05, 4.69) is 5.32 Å². The maximum Gasteiger partial charge on any atom is 0.248 e. The summed E-state index contributed by atoms with van der Waals surface area (Å²) in [6.07, 6.45) is 1.02. The molecule has 2 fully saturated rings. The van der Waals surface area contributed by atoms with Crippen molar-refractivity contribution < 1.29 is 9.53 Å². The first-order chi connectivity index (χ1) is 5.72. The molecular formula is C8H14N2O2. The lowest BCUT2D eigenvalue weighted by molar-refractivity contribution is -0.158. The zero-order valence-corrected chi connectivity index (χ0v) is 7.30. The lowest BCUT2D eigenvalue weighted by Gasteiger charge is -2.37. The molecule has 0 aromatic heterocycles. The van der Waals surface area contributed by atoms with Gasteiger partial charge in [0, 0.05) is 13.6 Å². The minimum atomic E-state index is -0.0807. The van der Waals surface area contributed by atoms with E-state index in [1.54, 1.807) is 4.90 Å². The average molecular weight is 170 g/mol. The monoisotopic (exact) mass is 170 g/mol. The lowest BCUT2D eigenvalue weighted by Crippen LogP contribution is -2.54. The van der Waals surface area contributed by atoms with Gasteiger partial charge in [-0.1, -0.05) is 0 Å². The van der Waals surface area contributed by atoms with Crippen molar-refractivity contribution >= 4 is 5.91 Å². The molecule has 2 saturated heterocycles. The van der Waals surface area contributed by atoms with Gasteiger partial charge in [-0.3, -0.25) is 4.79 Å². The molecule has 0 unspecified atom stereocenters. The van der Waals surface area contributed by atoms with Gasteiger partial charge < -0.3 is 15.0 Å². The number of carbonyl (C=O) groups excluding carboxylic acids is 1. The molecule has 2 aliphatic rings. The third-order valence-electron chi connectivity index (χ3n) is 2.66. The van der Waals surface area contributed by atoms with Crippen LogP contribution in [0, 0.1) is 0 Å². The molecule has 0 aromatic carbocycles. The predicted octanol–water partition coefficient (Wildman–Crippen LogP) is -0.793. The number of hydrogen-bond donors (Lipinski definition) is 1. The maximum atomic E-state index is 11.1. The molecule has 0 aliphatic carbocycles. The van der Waals surface area contributed by atoms with Crippen LogP contribution in [-0.2, 0) is 9.53 Å². The summed E-state index contributed by atoms with van der Waals surface area (Å²) >= 11 is 0. The van der Waals surface area contributed by atoms with Gasteiger partial charge in [0.15, 0.2) is 0 Å². The Kier molecular flexibility index (Phi) is 1.81. The van der Waals surface area contributed by atoms with Crippen molar-refractivity contribution in [3.8, 4) is 0 Å². The highest BCUT2D eigenvalue weighted by molar-refractivity contribution is 5.78. The number of amides is 1. The standard InChI is InChI=1S/C8H14N2O2/c1-10-6-8(2-3-9-5-8)12-4-7(10)11/h9H,2-6H2,1H3/t8-/m0/s1. The molecule has 4 heteroatoms. The highest BCUT2D eigenvalue weighted by Gasteiger charge is 2.40. The van der Waals surface area contributed by atoms with E-state index in [4.69, 9.17) is 4.74 Å². The first kappa shape index (κ1) is 8.01. The number of likely N-dealkylation sites (N-methyl/N-ethyl adjacent to an activating group) is 1. The van der Waals surface area contributed by atoms with Crippen molar-refractivity contribution in [2.45, 2.75) is 12.0 Å². The van der Waals surface area contributed by atoms with E-state index in [0.29, 0.717) is 0 Å². The Hall–Kier alpha value is -0.610. The molecule has 68 valence electrons. The van der Waals surface area contributed by atoms with Gasteiger partial charge in [-0.15, -0.1) is 0 Å². The number of rotatable bonds is 0. The van der Waals surface area contributed by atoms with Crippen LogP contribution in [0.2, 0.25) is 0 Å². The number of hydrogen-bond acceptors (Lipinski definition) is 3. The summed E-state index contributed by atoms with van der Waals surface area (Å²) in [5, 5.41) is 3.26. The molecule has 2 aliphatic heterocycles. The number of morpholine rings is 1. The van der Waals surface area contributed by atoms with Gasteiger partial charge in [0.05, 0.1) is 12.1 Å². The lowest BCUT2D eigenvalue weighted by atomic mass is 10.0. The second-order valence-corrected chi connectivity index (χ2v) is 3.65. The number of nitrogens with one attached hydrogen (secondary N) is 1. The molecule has 0 aromatic rings. The fraction of sp³-hybridized carbons (Fsp3) is 0.875. The van der Waals surface area contributed by atoms with Gasteiger partial charge in [-0.05, 0) is 13.0 Å². The quantitative estimate of drug-likeness (QED) is 0.518. The van der Waals surface area contributed by atoms with E-state index < -0.39 is 0 Å². The van der Waals surface area contributed by atoms with Crippen molar-refractivity contribution in [1.82, 2.24) is 10.2 Å². The zero-order valence-electron chi connectivity index (χ0n) is 7.30. The summed E-state index contributed by atoms with van der Waals surface area (Å²) in [5.74, 6) is 0.0903. The van der Waals surface area contributed by atoms with Crippen LogP contribution < -0.4 is 5.32 Å². The summed E-state index contributed by atoms with van der Waals surface area (Å²) in [5.41, 5.74) is -0.0807. The first-order valence-electron chi connectivity index (χ1n) is 4.31. The highest BCUT2D eigenvalue weighted by atomic mass is 16.5. The molecule has 1 atom stereocenters. The predicted molar refractivity (Wildman–Crippen MR) is 43.8 cm³/mol. The Bertz CT molecular complexity index is 199. The van der Waals surface area contributed by atoms with Crippen molar-refractivity contribution in [3.05, 3.63) is 0 Å². The van der Waals surface area contributed by atoms with E-state index in [9.17, 15) is 4.79 Å². The van der Waals surface area contributed by atoms with Crippen LogP contribution in [0.25, 0.3) is 0 Å². The Morgan fingerprint density at radius 3 is 3.08 bits per heavy atom. The van der Waals surface area contributed by atoms with Gasteiger partial charge in [-0.25, -0.2) is 0 Å². The van der Waals surface area contributed by atoms with Crippen LogP contribution in [0.1, 0.15) is 6.42 Å². The number of nitrogens with zero attached hydrogens (tertiary/aromatic N) is 1. The second-order valence-electron chi connectivity index (χ2n) is 3.65. The fourth-order valence-corrected chi connectivity index (χ4v) is 1.87. The minimum absolute atomic E-state index is 0.0807. The molecule has 4 nitrogen and oxygen atoms in total. The van der Waals surface area contributed by atoms with E-state index in [-0.39, 0.29) is 18.1 Å². The summed E-state index contributed by atoms with van der Waals surface area (Å²) < 4.78 is 5.56. The normalized spacial score (nSPS) is 36.4. The Labute approximate surface area is 71.9 Å². The Morgan fingerprint density at radius 2 is 2.50 bits per heavy atom. The smallest absolute Gasteiger partial charge is 0.248 e. The third-order valence-corrected chi connectivity index (χ3v) is 2.66. The average Bonchev–Trinajstić information content (AvgIpc) is 2.47. The van der Waals surface area contributed by atoms with Gasteiger partial charge in [0.2, 0.25) is 5.91 Å². The van der Waals surface area contributed by atoms with Crippen molar-refractivity contribution in [2.24, 2.45) is 0 Å². The zero-order chi connectivity index (χ0) is 8.60. The van der Waals surface area contributed by atoms with Crippen molar-refractivity contribution in [1.29, 1.82) is 0 Å². The summed E-state index contributed by atoms with van der Waals surface area (Å²) in [6.45, 7) is 2.86. The van der Waals surface area contributed by atoms with Crippen LogP contribution in [0.15, 0.2) is 0 Å². The fourth-order valence-electron chi connectivity index (χ4n) is 1.87. The van der Waals surface area contributed by atoms with E-state index in [1.807, 2.05) is 7.05 Å². The van der Waals surface area contributed by atoms with Gasteiger partial charge in [0.25, 0.3) is 0 Å². The molecule has 1 amide bonds. The van der Waals surface area contributed by atoms with Crippen LogP contribution in [0.3, 0.4) is 0 Å². The molecule has 1 spiro atoms. The van der Waals surface area contributed by atoms with Gasteiger partial charge in [-0.2, -0.15) is 0 Å². The first-order valence-corrected chi connectivity index (χ1v) is 4.31. The summed E-state index contributed by atoms with van der Waals surface area (Å²) in [4.78, 5) is 12.9. The molecule has 2 rings (SSSR count). The van der Waals surface area contributed by atoms with E-state index in [0.717, 1.165) is 26.1 Å². The van der Waals surface area contributed by atoms with Crippen LogP contribution in [-0.4, -0.2) is 49.7 Å². The van der Waals surface area contributed by atoms with Crippen molar-refractivity contribution in [3.63, 3.8) is 0 Å². The van der Waals surface area contributed by atoms with Crippen LogP contribution >= 0.6 is 0 Å². The third kappa shape index (κ3) is 1.21. The Morgan fingerprint density at radius 1 is 1.67 bits per heavy atom. The Balaban J connectivity index is 2.05. The molecule has 12 heavy (non-hydrogen) atoms. The summed E-state index contributed by atoms with van der Waals surface area (Å²) in [6, 6.07) is 0. The topological polar surface area (TPSA) is 41.6 Å². The van der Waals surface area contributed by atoms with Crippen LogP contribution in [0.5, 0.6) is 0 Å². The molecule has 1 N–H and O–H groups in total. The summed E-state index contributed by atoms with van der Waals surface area (Å²) in [7, 11) is 1.84. The van der Waals surface area contributed by atoms with Gasteiger partial charge in [0.1, 0.15) is 6.61 Å². The molecule has 2 heterocycles. The molecule has 0 radical (unpaired) electrons. The minimum Gasteiger partial charge on any atom is -0.362 e. The van der Waals surface area contributed by atoms with E-state index >= 15 is 0 Å². The van der Waals surface area contributed by atoms with Gasteiger partial charge >= 0.3 is 0 Å². The second kappa shape index (κ2) is 2.71. The van der Waals surface area contributed by atoms with Crippen LogP contribution in [0.4, 0.5) is 0 Å². The number of carbonyl (C=O) groups is 1. The van der Waals surface area contributed by atoms with Crippen molar-refractivity contribution in [2.75, 3.05) is 33.3 Å². The molecular weight excluding hydrogens is 156 g/mol. The number of ether oxygens (including phenoxy) is 1. The molecule has 0 saturated carbocycles. The highest BCUT2D eigenvalue weighted by Crippen LogP contribution is 2.23. The SMILES string of the molecule is CN1C[C@@]2(CCNC2)OCC1=O.